The fourth-order valence-corrected chi connectivity index (χ4v) is 2.80. The number of amides is 4. The second kappa shape index (κ2) is 11.5. The molecule has 160 valence electrons. The molecule has 2 aromatic carbocycles. The van der Waals surface area contributed by atoms with Gasteiger partial charge in [-0.1, -0.05) is 37.3 Å². The molecule has 0 aliphatic heterocycles. The fourth-order valence-electron chi connectivity index (χ4n) is 2.80. The van der Waals surface area contributed by atoms with Crippen LogP contribution in [-0.2, 0) is 9.59 Å². The van der Waals surface area contributed by atoms with Gasteiger partial charge in [0.05, 0.1) is 12.5 Å². The molecule has 2 atom stereocenters. The maximum atomic E-state index is 12.5. The van der Waals surface area contributed by atoms with E-state index in [4.69, 9.17) is 10.5 Å². The number of nitrogens with two attached hydrogens (primary N) is 1. The highest BCUT2D eigenvalue weighted by Crippen LogP contribution is 2.26. The van der Waals surface area contributed by atoms with Crippen molar-refractivity contribution in [3.63, 3.8) is 0 Å². The van der Waals surface area contributed by atoms with Gasteiger partial charge in [-0.05, 0) is 43.2 Å². The van der Waals surface area contributed by atoms with Crippen molar-refractivity contribution in [1.29, 1.82) is 0 Å². The van der Waals surface area contributed by atoms with Crippen molar-refractivity contribution in [2.75, 3.05) is 6.54 Å². The number of nitrogens with one attached hydrogen (secondary N) is 3. The number of benzene rings is 2. The van der Waals surface area contributed by atoms with Gasteiger partial charge in [0.1, 0.15) is 17.5 Å². The third-order valence-electron chi connectivity index (χ3n) is 4.27. The molecule has 8 heteroatoms. The Bertz CT molecular complexity index is 857. The zero-order valence-electron chi connectivity index (χ0n) is 17.2. The molecule has 0 radical (unpaired) electrons. The Morgan fingerprint density at radius 2 is 1.70 bits per heavy atom. The van der Waals surface area contributed by atoms with Gasteiger partial charge in [-0.3, -0.25) is 9.59 Å². The summed E-state index contributed by atoms with van der Waals surface area (Å²) in [5.41, 5.74) is 5.95. The van der Waals surface area contributed by atoms with Gasteiger partial charge in [-0.25, -0.2) is 4.79 Å². The van der Waals surface area contributed by atoms with Gasteiger partial charge >= 0.3 is 6.03 Å². The Kier molecular flexibility index (Phi) is 8.68. The van der Waals surface area contributed by atoms with Crippen LogP contribution in [-0.4, -0.2) is 30.4 Å². The number of para-hydroxylation sites is 1. The average molecular weight is 412 g/mol. The number of carbonyl (C=O) groups is 3. The van der Waals surface area contributed by atoms with Crippen LogP contribution in [0.25, 0.3) is 0 Å². The Labute approximate surface area is 176 Å². The molecular weight excluding hydrogens is 384 g/mol. The Morgan fingerprint density at radius 3 is 2.37 bits per heavy atom. The predicted molar refractivity (Wildman–Crippen MR) is 114 cm³/mol. The van der Waals surface area contributed by atoms with Crippen LogP contribution >= 0.6 is 0 Å². The van der Waals surface area contributed by atoms with Crippen molar-refractivity contribution in [3.8, 4) is 11.5 Å². The lowest BCUT2D eigenvalue weighted by molar-refractivity contribution is -0.128. The van der Waals surface area contributed by atoms with Crippen molar-refractivity contribution in [3.05, 3.63) is 60.2 Å². The minimum Gasteiger partial charge on any atom is -0.457 e. The van der Waals surface area contributed by atoms with E-state index in [0.29, 0.717) is 23.6 Å². The second-order valence-electron chi connectivity index (χ2n) is 6.83. The van der Waals surface area contributed by atoms with Crippen LogP contribution < -0.4 is 26.4 Å². The van der Waals surface area contributed by atoms with Gasteiger partial charge in [0, 0.05) is 6.54 Å². The monoisotopic (exact) mass is 412 g/mol. The van der Waals surface area contributed by atoms with Crippen LogP contribution in [0.4, 0.5) is 4.79 Å². The zero-order chi connectivity index (χ0) is 21.9. The van der Waals surface area contributed by atoms with Crippen LogP contribution in [0.15, 0.2) is 54.6 Å². The lowest BCUT2D eigenvalue weighted by Crippen LogP contribution is -2.46. The number of primary amides is 1. The second-order valence-corrected chi connectivity index (χ2v) is 6.83. The van der Waals surface area contributed by atoms with Gasteiger partial charge in [-0.2, -0.15) is 0 Å². The molecule has 8 nitrogen and oxygen atoms in total. The Hall–Kier alpha value is -3.55. The number of rotatable bonds is 10. The zero-order valence-corrected chi connectivity index (χ0v) is 17.2. The molecule has 0 aliphatic carbocycles. The molecule has 0 aliphatic rings. The van der Waals surface area contributed by atoms with Crippen molar-refractivity contribution in [2.24, 2.45) is 5.73 Å². The smallest absolute Gasteiger partial charge is 0.312 e. The first kappa shape index (κ1) is 22.7. The first-order chi connectivity index (χ1) is 14.4. The highest BCUT2D eigenvalue weighted by molar-refractivity contribution is 5.87. The topological polar surface area (TPSA) is 123 Å². The van der Waals surface area contributed by atoms with E-state index in [2.05, 4.69) is 16.0 Å². The highest BCUT2D eigenvalue weighted by Gasteiger charge is 2.21. The van der Waals surface area contributed by atoms with Crippen molar-refractivity contribution < 1.29 is 19.1 Å². The molecule has 4 amide bonds. The number of hydrogen-bond donors (Lipinski definition) is 4. The molecule has 0 bridgehead atoms. The Balaban J connectivity index is 2.08. The molecule has 2 rings (SSSR count). The van der Waals surface area contributed by atoms with E-state index in [1.54, 1.807) is 31.2 Å². The van der Waals surface area contributed by atoms with Crippen molar-refractivity contribution >= 4 is 17.8 Å². The van der Waals surface area contributed by atoms with E-state index >= 15 is 0 Å². The highest BCUT2D eigenvalue weighted by atomic mass is 16.5. The van der Waals surface area contributed by atoms with E-state index in [9.17, 15) is 14.4 Å². The van der Waals surface area contributed by atoms with Gasteiger partial charge in [0.2, 0.25) is 11.8 Å². The van der Waals surface area contributed by atoms with Gasteiger partial charge in [-0.15, -0.1) is 0 Å². The van der Waals surface area contributed by atoms with E-state index in [1.807, 2.05) is 37.3 Å². The predicted octanol–water partition coefficient (Wildman–Crippen LogP) is 2.61. The number of urea groups is 1. The van der Waals surface area contributed by atoms with E-state index in [-0.39, 0.29) is 18.2 Å². The number of carbonyl (C=O) groups excluding carboxylic acids is 3. The van der Waals surface area contributed by atoms with Crippen molar-refractivity contribution in [1.82, 2.24) is 16.0 Å². The molecule has 0 saturated carbocycles. The molecule has 0 aromatic heterocycles. The van der Waals surface area contributed by atoms with Gasteiger partial charge < -0.3 is 26.4 Å². The van der Waals surface area contributed by atoms with E-state index in [0.717, 1.165) is 6.42 Å². The minimum absolute atomic E-state index is 0.0802. The molecule has 0 saturated heterocycles. The molecule has 0 unspecified atom stereocenters. The Morgan fingerprint density at radius 1 is 1.00 bits per heavy atom. The summed E-state index contributed by atoms with van der Waals surface area (Å²) >= 11 is 0. The summed E-state index contributed by atoms with van der Waals surface area (Å²) < 4.78 is 5.82. The maximum absolute atomic E-state index is 12.5. The first-order valence-electron chi connectivity index (χ1n) is 9.85. The van der Waals surface area contributed by atoms with Crippen LogP contribution in [0, 0.1) is 0 Å². The summed E-state index contributed by atoms with van der Waals surface area (Å²) in [4.78, 5) is 35.9. The quantitative estimate of drug-likeness (QED) is 0.479. The third kappa shape index (κ3) is 7.46. The standard InChI is InChI=1S/C22H28N4O4/c1-3-12-24-21(28)15(2)25-20(27)14-19(26-22(23)29)16-8-7-11-18(13-16)30-17-9-5-4-6-10-17/h4-11,13,15,19H,3,12,14H2,1-2H3,(H,24,28)(H,25,27)(H3,23,26,29)/t15-,19+/m1/s1. The summed E-state index contributed by atoms with van der Waals surface area (Å²) in [6, 6.07) is 14.2. The van der Waals surface area contributed by atoms with Crippen LogP contribution in [0.1, 0.15) is 38.3 Å². The largest absolute Gasteiger partial charge is 0.457 e. The van der Waals surface area contributed by atoms with Gasteiger partial charge in [0.25, 0.3) is 0 Å². The lowest BCUT2D eigenvalue weighted by Gasteiger charge is -2.20. The maximum Gasteiger partial charge on any atom is 0.312 e. The van der Waals surface area contributed by atoms with Crippen molar-refractivity contribution in [2.45, 2.75) is 38.8 Å². The average Bonchev–Trinajstić information content (AvgIpc) is 2.72. The molecular formula is C22H28N4O4. The normalized spacial score (nSPS) is 12.3. The van der Waals surface area contributed by atoms with Crippen LogP contribution in [0.3, 0.4) is 0 Å². The molecule has 0 spiro atoms. The molecule has 30 heavy (non-hydrogen) atoms. The van der Waals surface area contributed by atoms with E-state index in [1.165, 1.54) is 0 Å². The molecule has 5 N–H and O–H groups in total. The minimum atomic E-state index is -0.754. The summed E-state index contributed by atoms with van der Waals surface area (Å²) in [6.07, 6.45) is 0.724. The summed E-state index contributed by atoms with van der Waals surface area (Å²) in [5.74, 6) is 0.576. The molecule has 0 heterocycles. The van der Waals surface area contributed by atoms with Crippen LogP contribution in [0.2, 0.25) is 0 Å². The lowest BCUT2D eigenvalue weighted by atomic mass is 10.0. The first-order valence-corrected chi connectivity index (χ1v) is 9.85. The summed E-state index contributed by atoms with van der Waals surface area (Å²) in [7, 11) is 0. The number of ether oxygens (including phenoxy) is 1. The summed E-state index contributed by atoms with van der Waals surface area (Å²) in [5, 5.41) is 7.94. The third-order valence-corrected chi connectivity index (χ3v) is 4.27. The summed E-state index contributed by atoms with van der Waals surface area (Å²) in [6.45, 7) is 4.09. The molecule has 2 aromatic rings. The number of hydrogen-bond acceptors (Lipinski definition) is 4. The molecule has 0 fully saturated rings. The SMILES string of the molecule is CCCNC(=O)[C@@H](C)NC(=O)C[C@H](NC(N)=O)c1cccc(Oc2ccccc2)c1. The van der Waals surface area contributed by atoms with E-state index < -0.39 is 18.1 Å². The fraction of sp³-hybridized carbons (Fsp3) is 0.318. The van der Waals surface area contributed by atoms with Gasteiger partial charge in [0.15, 0.2) is 0 Å². The van der Waals surface area contributed by atoms with Crippen LogP contribution in [0.5, 0.6) is 11.5 Å².